The third kappa shape index (κ3) is 6.84. The molecule has 1 atom stereocenters. The van der Waals surface area contributed by atoms with Crippen LogP contribution < -0.4 is 20.3 Å². The third-order valence-electron chi connectivity index (χ3n) is 12.4. The van der Waals surface area contributed by atoms with E-state index in [0.29, 0.717) is 58.3 Å². The highest BCUT2D eigenvalue weighted by atomic mass is 16.5. The second kappa shape index (κ2) is 14.7. The van der Waals surface area contributed by atoms with Crippen LogP contribution in [-0.4, -0.2) is 109 Å². The smallest absolute Gasteiger partial charge is 0.262 e. The van der Waals surface area contributed by atoms with E-state index in [-0.39, 0.29) is 18.7 Å². The molecule has 6 heterocycles. The predicted octanol–water partition coefficient (Wildman–Crippen LogP) is 4.07. The second-order valence-electron chi connectivity index (χ2n) is 16.3. The molecule has 1 unspecified atom stereocenters. The lowest BCUT2D eigenvalue weighted by Crippen LogP contribution is -2.54. The largest absolute Gasteiger partial charge is 0.491 e. The Labute approximate surface area is 333 Å². The van der Waals surface area contributed by atoms with Crippen LogP contribution in [0.2, 0.25) is 0 Å². The van der Waals surface area contributed by atoms with Gasteiger partial charge in [0.2, 0.25) is 11.8 Å². The Morgan fingerprint density at radius 3 is 2.48 bits per heavy atom. The van der Waals surface area contributed by atoms with Gasteiger partial charge in [0.15, 0.2) is 5.65 Å². The van der Waals surface area contributed by atoms with Gasteiger partial charge in [0.05, 0.1) is 41.2 Å². The zero-order chi connectivity index (χ0) is 39.5. The van der Waals surface area contributed by atoms with Crippen LogP contribution in [-0.2, 0) is 9.59 Å². The first kappa shape index (κ1) is 36.2. The van der Waals surface area contributed by atoms with Crippen molar-refractivity contribution in [1.29, 1.82) is 0 Å². The maximum absolute atomic E-state index is 13.4. The molecule has 5 amide bonds. The summed E-state index contributed by atoms with van der Waals surface area (Å²) in [6, 6.07) is 10.3. The zero-order valence-corrected chi connectivity index (χ0v) is 32.0. The number of nitrogens with zero attached hydrogens (tertiary/aromatic N) is 8. The number of anilines is 2. The van der Waals surface area contributed by atoms with E-state index in [1.807, 2.05) is 18.2 Å². The van der Waals surface area contributed by atoms with Crippen molar-refractivity contribution in [1.82, 2.24) is 39.5 Å². The van der Waals surface area contributed by atoms with Gasteiger partial charge in [-0.05, 0) is 87.1 Å². The van der Waals surface area contributed by atoms with E-state index in [1.54, 1.807) is 35.1 Å². The molecular weight excluding hydrogens is 741 g/mol. The molecule has 2 aliphatic carbocycles. The van der Waals surface area contributed by atoms with Gasteiger partial charge in [-0.25, -0.2) is 9.50 Å². The number of imide groups is 2. The predicted molar refractivity (Wildman–Crippen MR) is 212 cm³/mol. The quantitative estimate of drug-likeness (QED) is 0.195. The summed E-state index contributed by atoms with van der Waals surface area (Å²) in [6.07, 6.45) is 13.8. The van der Waals surface area contributed by atoms with Crippen LogP contribution in [0.25, 0.3) is 16.6 Å². The van der Waals surface area contributed by atoms with Gasteiger partial charge in [-0.1, -0.05) is 0 Å². The van der Waals surface area contributed by atoms with Crippen LogP contribution in [0.5, 0.6) is 5.75 Å². The maximum Gasteiger partial charge on any atom is 0.262 e. The number of piperazine rings is 1. The Morgan fingerprint density at radius 2 is 1.69 bits per heavy atom. The van der Waals surface area contributed by atoms with Crippen molar-refractivity contribution >= 4 is 57.5 Å². The molecule has 58 heavy (non-hydrogen) atoms. The van der Waals surface area contributed by atoms with Crippen molar-refractivity contribution in [2.75, 3.05) is 49.5 Å². The molecule has 4 fully saturated rings. The SMILES string of the molecule is O=C1CCC(N2C(=O)c3ccc(N4CCN(CC5CCC(n6cc7cc(NC(=O)c8cnn9cccnc89)c(OCC8CC8)cc7n6)CC5)CC4)cc3C2=O)C(=O)N1. The lowest BCUT2D eigenvalue weighted by Gasteiger charge is -2.39. The van der Waals surface area contributed by atoms with Crippen LogP contribution in [0.3, 0.4) is 0 Å². The van der Waals surface area contributed by atoms with Crippen molar-refractivity contribution in [2.24, 2.45) is 11.8 Å². The van der Waals surface area contributed by atoms with Gasteiger partial charge >= 0.3 is 0 Å². The first-order valence-corrected chi connectivity index (χ1v) is 20.3. The highest BCUT2D eigenvalue weighted by Crippen LogP contribution is 2.38. The molecular formula is C42H44N10O6. The minimum atomic E-state index is -0.973. The van der Waals surface area contributed by atoms with Crippen molar-refractivity contribution in [3.63, 3.8) is 0 Å². The molecule has 0 spiro atoms. The molecule has 2 N–H and O–H groups in total. The number of amides is 5. The summed E-state index contributed by atoms with van der Waals surface area (Å²) < 4.78 is 9.93. The number of hydrogen-bond donors (Lipinski definition) is 2. The molecule has 10 rings (SSSR count). The minimum Gasteiger partial charge on any atom is -0.491 e. The number of benzene rings is 2. The van der Waals surface area contributed by atoms with Crippen LogP contribution in [0.4, 0.5) is 11.4 Å². The number of piperidine rings is 1. The Kier molecular flexibility index (Phi) is 9.14. The highest BCUT2D eigenvalue weighted by Gasteiger charge is 2.45. The molecule has 5 aliphatic rings. The average Bonchev–Trinajstić information content (AvgIpc) is 3.72. The standard InChI is InChI=1S/C42H44N10O6/c53-37-11-10-35(40(55)46-37)52-41(56)30-9-8-29(19-31(30)42(52)57)49-16-14-48(15-17-49)22-25-4-6-28(7-5-25)51-23-27-18-34(36(20-33(27)47-51)58-24-26-2-3-26)45-39(54)32-21-44-50-13-1-12-43-38(32)50/h1,8-9,12-13,18-21,23,25-26,28,35H,2-7,10-11,14-17,22,24H2,(H,45,54)(H,46,53,55). The van der Waals surface area contributed by atoms with Gasteiger partial charge < -0.3 is 15.0 Å². The molecule has 3 aromatic heterocycles. The number of ether oxygens (including phenoxy) is 1. The number of rotatable bonds is 10. The van der Waals surface area contributed by atoms with E-state index in [2.05, 4.69) is 41.4 Å². The summed E-state index contributed by atoms with van der Waals surface area (Å²) >= 11 is 0. The van der Waals surface area contributed by atoms with E-state index in [1.165, 1.54) is 6.20 Å². The zero-order valence-electron chi connectivity index (χ0n) is 32.0. The molecule has 2 saturated heterocycles. The normalized spacial score (nSPS) is 22.8. The topological polar surface area (TPSA) is 176 Å². The van der Waals surface area contributed by atoms with Crippen molar-refractivity contribution in [2.45, 2.75) is 63.5 Å². The van der Waals surface area contributed by atoms with Crippen LogP contribution in [0.1, 0.15) is 88.5 Å². The number of hydrogen-bond acceptors (Lipinski definition) is 11. The molecule has 0 bridgehead atoms. The third-order valence-corrected chi connectivity index (χ3v) is 12.4. The first-order valence-electron chi connectivity index (χ1n) is 20.3. The number of carbonyl (C=O) groups excluding carboxylic acids is 5. The van der Waals surface area contributed by atoms with Crippen LogP contribution >= 0.6 is 0 Å². The van der Waals surface area contributed by atoms with E-state index in [0.717, 1.165) is 92.7 Å². The molecule has 2 saturated carbocycles. The minimum absolute atomic E-state index is 0.0925. The number of fused-ring (bicyclic) bond motifs is 3. The number of nitrogens with one attached hydrogen (secondary N) is 2. The monoisotopic (exact) mass is 784 g/mol. The van der Waals surface area contributed by atoms with Crippen molar-refractivity contribution in [3.05, 3.63) is 77.9 Å². The Hall–Kier alpha value is -6.16. The highest BCUT2D eigenvalue weighted by molar-refractivity contribution is 6.23. The Balaban J connectivity index is 0.747. The van der Waals surface area contributed by atoms with Crippen LogP contribution in [0, 0.1) is 11.8 Å². The Morgan fingerprint density at radius 1 is 0.897 bits per heavy atom. The van der Waals surface area contributed by atoms with E-state index >= 15 is 0 Å². The summed E-state index contributed by atoms with van der Waals surface area (Å²) in [5.41, 5.74) is 3.81. The number of aromatic nitrogens is 5. The molecule has 16 nitrogen and oxygen atoms in total. The van der Waals surface area contributed by atoms with Gasteiger partial charge in [0, 0.05) is 74.9 Å². The summed E-state index contributed by atoms with van der Waals surface area (Å²) in [7, 11) is 0. The average molecular weight is 785 g/mol. The van der Waals surface area contributed by atoms with Crippen molar-refractivity contribution < 1.29 is 28.7 Å². The summed E-state index contributed by atoms with van der Waals surface area (Å²) in [5, 5.41) is 15.5. The fraction of sp³-hybridized carbons (Fsp3) is 0.429. The molecule has 3 aliphatic heterocycles. The molecule has 0 radical (unpaired) electrons. The summed E-state index contributed by atoms with van der Waals surface area (Å²) in [5.74, 6) is -0.513. The fourth-order valence-electron chi connectivity index (χ4n) is 8.95. The lowest BCUT2D eigenvalue weighted by molar-refractivity contribution is -0.136. The molecule has 16 heteroatoms. The first-order chi connectivity index (χ1) is 28.3. The van der Waals surface area contributed by atoms with E-state index in [9.17, 15) is 24.0 Å². The second-order valence-corrected chi connectivity index (χ2v) is 16.3. The van der Waals surface area contributed by atoms with Gasteiger partial charge in [-0.3, -0.25) is 43.8 Å². The van der Waals surface area contributed by atoms with Crippen molar-refractivity contribution in [3.8, 4) is 5.75 Å². The van der Waals surface area contributed by atoms with Crippen LogP contribution in [0.15, 0.2) is 61.2 Å². The van der Waals surface area contributed by atoms with Gasteiger partial charge in [-0.2, -0.15) is 10.2 Å². The fourth-order valence-corrected chi connectivity index (χ4v) is 8.95. The molecule has 5 aromatic rings. The summed E-state index contributed by atoms with van der Waals surface area (Å²) in [6.45, 7) is 5.04. The van der Waals surface area contributed by atoms with E-state index in [4.69, 9.17) is 9.84 Å². The Bertz CT molecular complexity index is 2470. The summed E-state index contributed by atoms with van der Waals surface area (Å²) in [4.78, 5) is 74.2. The van der Waals surface area contributed by atoms with E-state index < -0.39 is 29.7 Å². The van der Waals surface area contributed by atoms with Gasteiger partial charge in [-0.15, -0.1) is 0 Å². The number of carbonyl (C=O) groups is 5. The maximum atomic E-state index is 13.4. The lowest BCUT2D eigenvalue weighted by atomic mass is 9.85. The molecule has 298 valence electrons. The van der Waals surface area contributed by atoms with Gasteiger partial charge in [0.1, 0.15) is 17.4 Å². The molecule has 2 aromatic carbocycles. The van der Waals surface area contributed by atoms with Gasteiger partial charge in [0.25, 0.3) is 17.7 Å².